The minimum atomic E-state index is -0.494. The first-order chi connectivity index (χ1) is 10.7. The van der Waals surface area contributed by atoms with Crippen molar-refractivity contribution in [2.24, 2.45) is 0 Å². The van der Waals surface area contributed by atoms with Crippen LogP contribution in [-0.2, 0) is 4.79 Å². The summed E-state index contributed by atoms with van der Waals surface area (Å²) in [6, 6.07) is 7.47. The molecular formula is C16H18N2O3S. The van der Waals surface area contributed by atoms with Crippen LogP contribution in [0.25, 0.3) is 0 Å². The van der Waals surface area contributed by atoms with Crippen LogP contribution in [0.2, 0.25) is 0 Å². The number of benzene rings is 1. The highest BCUT2D eigenvalue weighted by Gasteiger charge is 2.42. The number of carbonyl (C=O) groups excluding carboxylic acids is 1. The number of ether oxygens (including phenoxy) is 2. The Hall–Kier alpha value is -1.87. The van der Waals surface area contributed by atoms with Crippen molar-refractivity contribution < 1.29 is 14.3 Å². The Bertz CT molecular complexity index is 606. The number of nitrogens with one attached hydrogen (secondary N) is 1. The Morgan fingerprint density at radius 2 is 2.05 bits per heavy atom. The highest BCUT2D eigenvalue weighted by molar-refractivity contribution is 8.00. The molecule has 1 amide bonds. The molecule has 0 radical (unpaired) electrons. The molecule has 1 spiro atoms. The molecule has 0 atom stereocenters. The lowest BCUT2D eigenvalue weighted by Crippen LogP contribution is -2.40. The van der Waals surface area contributed by atoms with Crippen molar-refractivity contribution in [2.75, 3.05) is 16.8 Å². The van der Waals surface area contributed by atoms with Gasteiger partial charge in [0.2, 0.25) is 5.91 Å². The van der Waals surface area contributed by atoms with Gasteiger partial charge in [0.15, 0.2) is 11.5 Å². The third kappa shape index (κ3) is 3.30. The fourth-order valence-corrected chi connectivity index (χ4v) is 3.30. The van der Waals surface area contributed by atoms with Crippen LogP contribution < -0.4 is 14.8 Å². The van der Waals surface area contributed by atoms with Crippen molar-refractivity contribution in [3.8, 4) is 17.6 Å². The lowest BCUT2D eigenvalue weighted by molar-refractivity contribution is -0.113. The largest absolute Gasteiger partial charge is 0.448 e. The zero-order chi connectivity index (χ0) is 15.4. The summed E-state index contributed by atoms with van der Waals surface area (Å²) in [7, 11) is 0. The number of thioether (sulfide) groups is 1. The van der Waals surface area contributed by atoms with Crippen molar-refractivity contribution in [1.29, 1.82) is 5.26 Å². The molecule has 22 heavy (non-hydrogen) atoms. The molecule has 6 heteroatoms. The Morgan fingerprint density at radius 1 is 1.27 bits per heavy atom. The van der Waals surface area contributed by atoms with Gasteiger partial charge in [-0.1, -0.05) is 6.42 Å². The molecule has 1 saturated carbocycles. The van der Waals surface area contributed by atoms with Crippen LogP contribution in [0, 0.1) is 11.3 Å². The van der Waals surface area contributed by atoms with Gasteiger partial charge < -0.3 is 14.8 Å². The van der Waals surface area contributed by atoms with Gasteiger partial charge >= 0.3 is 0 Å². The molecular weight excluding hydrogens is 300 g/mol. The topological polar surface area (TPSA) is 71.4 Å². The van der Waals surface area contributed by atoms with Gasteiger partial charge in [-0.2, -0.15) is 5.26 Å². The predicted octanol–water partition coefficient (Wildman–Crippen LogP) is 3.31. The van der Waals surface area contributed by atoms with Gasteiger partial charge in [-0.05, 0) is 25.0 Å². The number of nitrogens with zero attached hydrogens (tertiary/aromatic N) is 1. The summed E-state index contributed by atoms with van der Waals surface area (Å²) in [5.41, 5.74) is 0.692. The van der Waals surface area contributed by atoms with Crippen molar-refractivity contribution >= 4 is 23.4 Å². The standard InChI is InChI=1S/C16H18N2O3S/c17-8-9-22-11-15(19)18-12-4-5-13-14(10-12)21-16(20-13)6-2-1-3-7-16/h4-5,10H,1-3,6-7,9,11H2,(H,18,19). The van der Waals surface area contributed by atoms with E-state index in [1.165, 1.54) is 18.2 Å². The van der Waals surface area contributed by atoms with E-state index in [0.29, 0.717) is 17.2 Å². The summed E-state index contributed by atoms with van der Waals surface area (Å²) in [5, 5.41) is 11.3. The molecule has 0 unspecified atom stereocenters. The van der Waals surface area contributed by atoms with E-state index < -0.39 is 5.79 Å². The monoisotopic (exact) mass is 318 g/mol. The Labute approximate surface area is 134 Å². The first-order valence-corrected chi connectivity index (χ1v) is 8.63. The molecule has 0 bridgehead atoms. The van der Waals surface area contributed by atoms with Crippen LogP contribution >= 0.6 is 11.8 Å². The summed E-state index contributed by atoms with van der Waals surface area (Å²) in [6.45, 7) is 0. The number of amides is 1. The van der Waals surface area contributed by atoms with Gasteiger partial charge in [-0.15, -0.1) is 11.8 Å². The number of carbonyl (C=O) groups is 1. The van der Waals surface area contributed by atoms with Crippen LogP contribution in [0.1, 0.15) is 32.1 Å². The third-order valence-electron chi connectivity index (χ3n) is 3.83. The first kappa shape index (κ1) is 15.0. The Morgan fingerprint density at radius 3 is 2.82 bits per heavy atom. The lowest BCUT2D eigenvalue weighted by Gasteiger charge is -2.31. The van der Waals surface area contributed by atoms with Crippen molar-refractivity contribution in [3.05, 3.63) is 18.2 Å². The highest BCUT2D eigenvalue weighted by atomic mass is 32.2. The number of hydrogen-bond acceptors (Lipinski definition) is 5. The number of nitriles is 1. The van der Waals surface area contributed by atoms with E-state index in [1.54, 1.807) is 0 Å². The van der Waals surface area contributed by atoms with Gasteiger partial charge in [-0.3, -0.25) is 4.79 Å². The smallest absolute Gasteiger partial charge is 0.251 e. The maximum absolute atomic E-state index is 11.8. The zero-order valence-electron chi connectivity index (χ0n) is 12.3. The fourth-order valence-electron chi connectivity index (χ4n) is 2.85. The normalized spacial score (nSPS) is 18.0. The number of fused-ring (bicyclic) bond motifs is 1. The van der Waals surface area contributed by atoms with Crippen LogP contribution in [0.3, 0.4) is 0 Å². The van der Waals surface area contributed by atoms with E-state index in [0.717, 1.165) is 31.4 Å². The summed E-state index contributed by atoms with van der Waals surface area (Å²) in [5.74, 6) is 1.42. The van der Waals surface area contributed by atoms with Gasteiger partial charge in [-0.25, -0.2) is 0 Å². The number of hydrogen-bond donors (Lipinski definition) is 1. The molecule has 1 fully saturated rings. The quantitative estimate of drug-likeness (QED) is 0.862. The van der Waals surface area contributed by atoms with E-state index in [-0.39, 0.29) is 11.7 Å². The number of rotatable bonds is 4. The van der Waals surface area contributed by atoms with Gasteiger partial charge in [0.25, 0.3) is 5.79 Å². The molecule has 0 saturated heterocycles. The van der Waals surface area contributed by atoms with E-state index in [1.807, 2.05) is 24.3 Å². The summed E-state index contributed by atoms with van der Waals surface area (Å²) < 4.78 is 12.0. The SMILES string of the molecule is N#CCSCC(=O)Nc1ccc2c(c1)OC1(CCCCC1)O2. The fraction of sp³-hybridized carbons (Fsp3) is 0.500. The van der Waals surface area contributed by atoms with Crippen LogP contribution in [0.5, 0.6) is 11.5 Å². The maximum Gasteiger partial charge on any atom is 0.251 e. The second-order valence-electron chi connectivity index (χ2n) is 5.54. The average Bonchev–Trinajstić information content (AvgIpc) is 2.85. The lowest BCUT2D eigenvalue weighted by atomic mass is 9.94. The van der Waals surface area contributed by atoms with Crippen LogP contribution in [-0.4, -0.2) is 23.2 Å². The molecule has 3 rings (SSSR count). The van der Waals surface area contributed by atoms with E-state index >= 15 is 0 Å². The second kappa shape index (κ2) is 6.49. The molecule has 0 aromatic heterocycles. The minimum Gasteiger partial charge on any atom is -0.448 e. The van der Waals surface area contributed by atoms with Crippen LogP contribution in [0.15, 0.2) is 18.2 Å². The van der Waals surface area contributed by atoms with E-state index in [2.05, 4.69) is 5.32 Å². The minimum absolute atomic E-state index is 0.119. The number of anilines is 1. The maximum atomic E-state index is 11.8. The van der Waals surface area contributed by atoms with Gasteiger partial charge in [0.05, 0.1) is 17.6 Å². The zero-order valence-corrected chi connectivity index (χ0v) is 13.1. The predicted molar refractivity (Wildman–Crippen MR) is 85.1 cm³/mol. The molecule has 2 aliphatic rings. The van der Waals surface area contributed by atoms with Crippen molar-refractivity contribution in [3.63, 3.8) is 0 Å². The third-order valence-corrected chi connectivity index (χ3v) is 4.63. The summed E-state index contributed by atoms with van der Waals surface area (Å²) in [6.07, 6.45) is 5.29. The Balaban J connectivity index is 1.63. The molecule has 1 aliphatic carbocycles. The van der Waals surface area contributed by atoms with Gasteiger partial charge in [0.1, 0.15) is 0 Å². The highest BCUT2D eigenvalue weighted by Crippen LogP contribution is 2.46. The van der Waals surface area contributed by atoms with Gasteiger partial charge in [0, 0.05) is 24.6 Å². The first-order valence-electron chi connectivity index (χ1n) is 7.47. The second-order valence-corrected chi connectivity index (χ2v) is 6.52. The van der Waals surface area contributed by atoms with Crippen molar-refractivity contribution in [1.82, 2.24) is 0 Å². The molecule has 5 nitrogen and oxygen atoms in total. The summed E-state index contributed by atoms with van der Waals surface area (Å²) >= 11 is 1.29. The van der Waals surface area contributed by atoms with Crippen LogP contribution in [0.4, 0.5) is 5.69 Å². The molecule has 116 valence electrons. The Kier molecular flexibility index (Phi) is 4.44. The molecule has 1 heterocycles. The average molecular weight is 318 g/mol. The molecule has 1 aromatic rings. The molecule has 1 N–H and O–H groups in total. The van der Waals surface area contributed by atoms with E-state index in [9.17, 15) is 4.79 Å². The van der Waals surface area contributed by atoms with E-state index in [4.69, 9.17) is 14.7 Å². The molecule has 1 aliphatic heterocycles. The summed E-state index contributed by atoms with van der Waals surface area (Å²) in [4.78, 5) is 11.8. The molecule has 1 aromatic carbocycles. The van der Waals surface area contributed by atoms with Crippen molar-refractivity contribution in [2.45, 2.75) is 37.9 Å².